The van der Waals surface area contributed by atoms with Gasteiger partial charge in [-0.05, 0) is 24.3 Å². The first-order valence-corrected chi connectivity index (χ1v) is 9.43. The van der Waals surface area contributed by atoms with Gasteiger partial charge < -0.3 is 19.3 Å². The van der Waals surface area contributed by atoms with Gasteiger partial charge in [0.1, 0.15) is 11.6 Å². The molecule has 1 amide bonds. The van der Waals surface area contributed by atoms with Gasteiger partial charge in [-0.3, -0.25) is 4.79 Å². The molecule has 1 aromatic carbocycles. The van der Waals surface area contributed by atoms with Crippen LogP contribution in [0.2, 0.25) is 0 Å². The van der Waals surface area contributed by atoms with E-state index >= 15 is 0 Å². The Bertz CT molecular complexity index is 840. The van der Waals surface area contributed by atoms with Crippen LogP contribution < -0.4 is 14.4 Å². The van der Waals surface area contributed by atoms with E-state index in [-0.39, 0.29) is 11.3 Å². The first kappa shape index (κ1) is 19.9. The summed E-state index contributed by atoms with van der Waals surface area (Å²) in [7, 11) is 3.15. The summed E-state index contributed by atoms with van der Waals surface area (Å²) in [6, 6.07) is 7.20. The predicted octanol–water partition coefficient (Wildman–Crippen LogP) is 2.75. The monoisotopic (exact) mass is 384 g/mol. The Labute approximate surface area is 166 Å². The molecular weight excluding hydrogens is 356 g/mol. The summed E-state index contributed by atoms with van der Waals surface area (Å²) in [4.78, 5) is 26.1. The van der Waals surface area contributed by atoms with Gasteiger partial charge in [0.15, 0.2) is 11.5 Å². The zero-order valence-corrected chi connectivity index (χ0v) is 17.2. The summed E-state index contributed by atoms with van der Waals surface area (Å²) in [5.41, 5.74) is 0.504. The van der Waals surface area contributed by atoms with Crippen LogP contribution in [0.25, 0.3) is 0 Å². The van der Waals surface area contributed by atoms with Gasteiger partial charge in [0, 0.05) is 43.4 Å². The number of carbonyl (C=O) groups is 1. The summed E-state index contributed by atoms with van der Waals surface area (Å²) >= 11 is 0. The molecule has 0 aliphatic carbocycles. The zero-order valence-electron chi connectivity index (χ0n) is 17.2. The fraction of sp³-hybridized carbons (Fsp3) is 0.476. The summed E-state index contributed by atoms with van der Waals surface area (Å²) < 4.78 is 10.6. The molecule has 0 spiro atoms. The van der Waals surface area contributed by atoms with Crippen molar-refractivity contribution in [3.05, 3.63) is 41.9 Å². The van der Waals surface area contributed by atoms with Crippen LogP contribution in [0.4, 0.5) is 5.82 Å². The number of ether oxygens (including phenoxy) is 2. The van der Waals surface area contributed by atoms with E-state index in [2.05, 4.69) is 30.7 Å². The lowest BCUT2D eigenvalue weighted by atomic mass is 9.96. The number of nitrogens with zero attached hydrogens (tertiary/aromatic N) is 4. The Morgan fingerprint density at radius 1 is 1.00 bits per heavy atom. The van der Waals surface area contributed by atoms with E-state index in [1.807, 2.05) is 17.2 Å². The number of anilines is 1. The highest BCUT2D eigenvalue weighted by atomic mass is 16.5. The minimum atomic E-state index is -0.0960. The average Bonchev–Trinajstić information content (AvgIpc) is 2.72. The van der Waals surface area contributed by atoms with Crippen molar-refractivity contribution in [2.24, 2.45) is 0 Å². The Hall–Kier alpha value is -2.83. The van der Waals surface area contributed by atoms with Gasteiger partial charge in [0.2, 0.25) is 0 Å². The molecule has 0 atom stereocenters. The number of benzene rings is 1. The Morgan fingerprint density at radius 3 is 2.29 bits per heavy atom. The quantitative estimate of drug-likeness (QED) is 0.807. The topological polar surface area (TPSA) is 67.8 Å². The number of methoxy groups -OCH3 is 2. The van der Waals surface area contributed by atoms with Crippen LogP contribution in [-0.4, -0.2) is 61.2 Å². The lowest BCUT2D eigenvalue weighted by molar-refractivity contribution is 0.0746. The number of hydrogen-bond acceptors (Lipinski definition) is 6. The van der Waals surface area contributed by atoms with Crippen LogP contribution in [0.1, 0.15) is 37.0 Å². The van der Waals surface area contributed by atoms with Crippen LogP contribution in [0.15, 0.2) is 30.5 Å². The molecule has 0 unspecified atom stereocenters. The van der Waals surface area contributed by atoms with Crippen molar-refractivity contribution in [1.29, 1.82) is 0 Å². The zero-order chi connectivity index (χ0) is 20.3. The molecule has 1 aliphatic heterocycles. The van der Waals surface area contributed by atoms with Crippen LogP contribution in [0.3, 0.4) is 0 Å². The van der Waals surface area contributed by atoms with Crippen molar-refractivity contribution in [1.82, 2.24) is 14.9 Å². The number of piperazine rings is 1. The first-order valence-electron chi connectivity index (χ1n) is 9.43. The van der Waals surface area contributed by atoms with E-state index in [0.717, 1.165) is 24.7 Å². The van der Waals surface area contributed by atoms with E-state index in [4.69, 9.17) is 14.5 Å². The lowest BCUT2D eigenvalue weighted by Crippen LogP contribution is -2.49. The van der Waals surface area contributed by atoms with Gasteiger partial charge >= 0.3 is 0 Å². The molecule has 1 saturated heterocycles. The second kappa shape index (κ2) is 8.04. The van der Waals surface area contributed by atoms with E-state index < -0.39 is 0 Å². The molecule has 0 radical (unpaired) electrons. The maximum absolute atomic E-state index is 12.9. The van der Waals surface area contributed by atoms with Crippen molar-refractivity contribution in [3.8, 4) is 11.5 Å². The molecule has 1 aromatic heterocycles. The van der Waals surface area contributed by atoms with Gasteiger partial charge in [-0.1, -0.05) is 20.8 Å². The summed E-state index contributed by atoms with van der Waals surface area (Å²) in [5.74, 6) is 2.91. The van der Waals surface area contributed by atoms with Crippen LogP contribution in [0.5, 0.6) is 11.5 Å². The molecular formula is C21H28N4O3. The fourth-order valence-corrected chi connectivity index (χ4v) is 3.18. The number of hydrogen-bond donors (Lipinski definition) is 0. The highest BCUT2D eigenvalue weighted by Crippen LogP contribution is 2.28. The second-order valence-electron chi connectivity index (χ2n) is 7.84. The van der Waals surface area contributed by atoms with Gasteiger partial charge in [-0.25, -0.2) is 9.97 Å². The molecule has 3 rings (SSSR count). The van der Waals surface area contributed by atoms with Crippen molar-refractivity contribution in [2.45, 2.75) is 26.2 Å². The predicted molar refractivity (Wildman–Crippen MR) is 108 cm³/mol. The summed E-state index contributed by atoms with van der Waals surface area (Å²) in [6.07, 6.45) is 1.81. The van der Waals surface area contributed by atoms with Crippen molar-refractivity contribution in [3.63, 3.8) is 0 Å². The maximum atomic E-state index is 12.9. The molecule has 2 aromatic rings. The molecule has 0 bridgehead atoms. The fourth-order valence-electron chi connectivity index (χ4n) is 3.18. The molecule has 7 heteroatoms. The molecule has 150 valence electrons. The highest BCUT2D eigenvalue weighted by molar-refractivity contribution is 5.95. The van der Waals surface area contributed by atoms with Crippen LogP contribution >= 0.6 is 0 Å². The second-order valence-corrected chi connectivity index (χ2v) is 7.84. The summed E-state index contributed by atoms with van der Waals surface area (Å²) in [5, 5.41) is 0. The highest BCUT2D eigenvalue weighted by Gasteiger charge is 2.25. The van der Waals surface area contributed by atoms with E-state index in [0.29, 0.717) is 30.2 Å². The molecule has 1 aliphatic rings. The maximum Gasteiger partial charge on any atom is 0.254 e. The average molecular weight is 384 g/mol. The van der Waals surface area contributed by atoms with E-state index in [1.54, 1.807) is 32.4 Å². The number of amides is 1. The van der Waals surface area contributed by atoms with E-state index in [1.165, 1.54) is 0 Å². The third-order valence-electron chi connectivity index (χ3n) is 4.83. The SMILES string of the molecule is COc1ccc(C(=O)N2CCN(c3ccnc(C(C)(C)C)n3)CC2)cc1OC. The normalized spacial score (nSPS) is 14.8. The first-order chi connectivity index (χ1) is 13.3. The van der Waals surface area contributed by atoms with Crippen LogP contribution in [0, 0.1) is 0 Å². The van der Waals surface area contributed by atoms with Crippen LogP contribution in [-0.2, 0) is 5.41 Å². The Kier molecular flexibility index (Phi) is 5.72. The van der Waals surface area contributed by atoms with E-state index in [9.17, 15) is 4.79 Å². The largest absolute Gasteiger partial charge is 0.493 e. The van der Waals surface area contributed by atoms with Gasteiger partial charge in [-0.15, -0.1) is 0 Å². The minimum Gasteiger partial charge on any atom is -0.493 e. The lowest BCUT2D eigenvalue weighted by Gasteiger charge is -2.35. The third-order valence-corrected chi connectivity index (χ3v) is 4.83. The standard InChI is InChI=1S/C21H28N4O3/c1-21(2,3)20-22-9-8-18(23-20)24-10-12-25(13-11-24)19(26)15-6-7-16(27-4)17(14-15)28-5/h6-9,14H,10-13H2,1-5H3. The Morgan fingerprint density at radius 2 is 1.68 bits per heavy atom. The molecule has 7 nitrogen and oxygen atoms in total. The molecule has 2 heterocycles. The smallest absolute Gasteiger partial charge is 0.254 e. The Balaban J connectivity index is 1.68. The molecule has 0 N–H and O–H groups in total. The van der Waals surface area contributed by atoms with Gasteiger partial charge in [-0.2, -0.15) is 0 Å². The molecule has 0 saturated carbocycles. The summed E-state index contributed by atoms with van der Waals surface area (Å²) in [6.45, 7) is 9.06. The van der Waals surface area contributed by atoms with Gasteiger partial charge in [0.05, 0.1) is 14.2 Å². The van der Waals surface area contributed by atoms with Gasteiger partial charge in [0.25, 0.3) is 5.91 Å². The third kappa shape index (κ3) is 4.18. The number of aromatic nitrogens is 2. The van der Waals surface area contributed by atoms with Crippen molar-refractivity contribution < 1.29 is 14.3 Å². The number of carbonyl (C=O) groups excluding carboxylic acids is 1. The molecule has 1 fully saturated rings. The van der Waals surface area contributed by atoms with Crippen molar-refractivity contribution >= 4 is 11.7 Å². The minimum absolute atomic E-state index is 0.00123. The van der Waals surface area contributed by atoms with Crippen molar-refractivity contribution in [2.75, 3.05) is 45.3 Å². The number of rotatable bonds is 4. The molecule has 28 heavy (non-hydrogen) atoms.